The lowest BCUT2D eigenvalue weighted by Gasteiger charge is -2.11. The zero-order valence-electron chi connectivity index (χ0n) is 21.1. The summed E-state index contributed by atoms with van der Waals surface area (Å²) in [6.07, 6.45) is 1.99. The van der Waals surface area contributed by atoms with Gasteiger partial charge in [0.15, 0.2) is 5.76 Å². The summed E-state index contributed by atoms with van der Waals surface area (Å²) >= 11 is 6.08. The van der Waals surface area contributed by atoms with Gasteiger partial charge in [0.2, 0.25) is 0 Å². The molecule has 1 unspecified atom stereocenters. The van der Waals surface area contributed by atoms with Crippen LogP contribution in [-0.4, -0.2) is 36.3 Å². The molecule has 1 atom stereocenters. The SMILES string of the molecule is Cc1noc(-c2ccc(-c3ccc(C4(C(=O)O)CC4)cc3)cc2)c1C(O)c1cn(Cc2cccc(Cl)c2)nn1. The van der Waals surface area contributed by atoms with Crippen LogP contribution in [0.15, 0.2) is 83.5 Å². The van der Waals surface area contributed by atoms with Gasteiger partial charge in [-0.1, -0.05) is 82.6 Å². The van der Waals surface area contributed by atoms with E-state index in [0.29, 0.717) is 47.1 Å². The molecule has 1 saturated carbocycles. The quantitative estimate of drug-likeness (QED) is 0.255. The summed E-state index contributed by atoms with van der Waals surface area (Å²) in [4.78, 5) is 11.6. The summed E-state index contributed by atoms with van der Waals surface area (Å²) in [5, 5.41) is 33.9. The Morgan fingerprint density at radius 1 is 1.05 bits per heavy atom. The van der Waals surface area contributed by atoms with E-state index >= 15 is 0 Å². The molecule has 2 aromatic heterocycles. The monoisotopic (exact) mass is 540 g/mol. The third-order valence-corrected chi connectivity index (χ3v) is 7.56. The fourth-order valence-electron chi connectivity index (χ4n) is 4.94. The molecule has 196 valence electrons. The maximum absolute atomic E-state index is 11.6. The van der Waals surface area contributed by atoms with Gasteiger partial charge in [-0.2, -0.15) is 0 Å². The van der Waals surface area contributed by atoms with Crippen molar-refractivity contribution in [2.24, 2.45) is 0 Å². The molecule has 39 heavy (non-hydrogen) atoms. The van der Waals surface area contributed by atoms with Gasteiger partial charge in [-0.05, 0) is 54.2 Å². The van der Waals surface area contributed by atoms with E-state index in [2.05, 4.69) is 15.5 Å². The van der Waals surface area contributed by atoms with Gasteiger partial charge in [0, 0.05) is 10.6 Å². The molecule has 0 amide bonds. The Balaban J connectivity index is 1.22. The molecule has 3 aromatic carbocycles. The Bertz CT molecular complexity index is 1650. The minimum absolute atomic E-state index is 0.385. The Morgan fingerprint density at radius 2 is 1.72 bits per heavy atom. The van der Waals surface area contributed by atoms with Gasteiger partial charge in [-0.25, -0.2) is 4.68 Å². The van der Waals surface area contributed by atoms with E-state index in [0.717, 1.165) is 27.8 Å². The molecule has 1 fully saturated rings. The first-order chi connectivity index (χ1) is 18.8. The lowest BCUT2D eigenvalue weighted by atomic mass is 9.93. The number of carbonyl (C=O) groups is 1. The molecule has 8 nitrogen and oxygen atoms in total. The van der Waals surface area contributed by atoms with Crippen molar-refractivity contribution < 1.29 is 19.5 Å². The van der Waals surface area contributed by atoms with E-state index in [1.807, 2.05) is 72.8 Å². The van der Waals surface area contributed by atoms with Crippen molar-refractivity contribution in [1.29, 1.82) is 0 Å². The molecule has 0 aliphatic heterocycles. The van der Waals surface area contributed by atoms with Crippen LogP contribution in [0.4, 0.5) is 0 Å². The summed E-state index contributed by atoms with van der Waals surface area (Å²) in [6.45, 7) is 2.25. The van der Waals surface area contributed by atoms with Crippen molar-refractivity contribution in [2.45, 2.75) is 37.8 Å². The minimum Gasteiger partial charge on any atom is -0.481 e. The van der Waals surface area contributed by atoms with Crippen molar-refractivity contribution in [3.8, 4) is 22.5 Å². The number of rotatable bonds is 8. The molecule has 1 aliphatic carbocycles. The Morgan fingerprint density at radius 3 is 2.36 bits per heavy atom. The average molecular weight is 541 g/mol. The standard InChI is InChI=1S/C30H25ClN4O4/c1-18-26(27(36)25-17-35(34-32-25)16-19-3-2-4-24(31)15-19)28(39-33-18)22-7-5-20(6-8-22)21-9-11-23(12-10-21)30(13-14-30)29(37)38/h2-12,15,17,27,36H,13-14,16H2,1H3,(H,37,38). The number of halogens is 1. The van der Waals surface area contributed by atoms with Crippen molar-refractivity contribution >= 4 is 17.6 Å². The van der Waals surface area contributed by atoms with E-state index in [1.165, 1.54) is 0 Å². The normalized spacial score (nSPS) is 14.7. The maximum Gasteiger partial charge on any atom is 0.314 e. The van der Waals surface area contributed by atoms with Crippen LogP contribution in [0.3, 0.4) is 0 Å². The van der Waals surface area contributed by atoms with Crippen molar-refractivity contribution in [3.63, 3.8) is 0 Å². The van der Waals surface area contributed by atoms with Crippen molar-refractivity contribution in [3.05, 3.63) is 112 Å². The number of nitrogens with zero attached hydrogens (tertiary/aromatic N) is 4. The van der Waals surface area contributed by atoms with E-state index in [4.69, 9.17) is 16.1 Å². The summed E-state index contributed by atoms with van der Waals surface area (Å²) in [7, 11) is 0. The molecule has 0 saturated heterocycles. The number of aliphatic carboxylic acids is 1. The van der Waals surface area contributed by atoms with Gasteiger partial charge in [-0.15, -0.1) is 5.10 Å². The fourth-order valence-corrected chi connectivity index (χ4v) is 5.15. The first-order valence-corrected chi connectivity index (χ1v) is 13.0. The maximum atomic E-state index is 11.6. The molecule has 0 radical (unpaired) electrons. The summed E-state index contributed by atoms with van der Waals surface area (Å²) < 4.78 is 7.28. The molecule has 2 heterocycles. The number of carboxylic acids is 1. The molecular weight excluding hydrogens is 516 g/mol. The van der Waals surface area contributed by atoms with Crippen LogP contribution in [0, 0.1) is 6.92 Å². The topological polar surface area (TPSA) is 114 Å². The lowest BCUT2D eigenvalue weighted by Crippen LogP contribution is -2.19. The van der Waals surface area contributed by atoms with Crippen molar-refractivity contribution in [1.82, 2.24) is 20.2 Å². The highest BCUT2D eigenvalue weighted by atomic mass is 35.5. The van der Waals surface area contributed by atoms with Crippen LogP contribution in [0.5, 0.6) is 0 Å². The minimum atomic E-state index is -1.07. The summed E-state index contributed by atoms with van der Waals surface area (Å²) in [5.41, 5.74) is 5.30. The summed E-state index contributed by atoms with van der Waals surface area (Å²) in [6, 6.07) is 22.9. The molecule has 2 N–H and O–H groups in total. The summed E-state index contributed by atoms with van der Waals surface area (Å²) in [5.74, 6) is -0.299. The average Bonchev–Trinajstić information content (AvgIpc) is 3.49. The molecule has 9 heteroatoms. The molecular formula is C30H25ClN4O4. The smallest absolute Gasteiger partial charge is 0.314 e. The third-order valence-electron chi connectivity index (χ3n) is 7.33. The zero-order chi connectivity index (χ0) is 27.1. The highest BCUT2D eigenvalue weighted by Crippen LogP contribution is 2.48. The number of hydrogen-bond acceptors (Lipinski definition) is 6. The molecule has 0 spiro atoms. The van der Waals surface area contributed by atoms with Crippen molar-refractivity contribution in [2.75, 3.05) is 0 Å². The van der Waals surface area contributed by atoms with Gasteiger partial charge >= 0.3 is 5.97 Å². The highest BCUT2D eigenvalue weighted by molar-refractivity contribution is 6.30. The van der Waals surface area contributed by atoms with Crippen LogP contribution in [0.25, 0.3) is 22.5 Å². The fraction of sp³-hybridized carbons (Fsp3) is 0.200. The van der Waals surface area contributed by atoms with E-state index in [-0.39, 0.29) is 0 Å². The number of aliphatic hydroxyl groups is 1. The van der Waals surface area contributed by atoms with Gasteiger partial charge in [0.05, 0.1) is 29.4 Å². The number of carboxylic acid groups (broad SMARTS) is 1. The van der Waals surface area contributed by atoms with Crippen LogP contribution >= 0.6 is 11.6 Å². The second-order valence-electron chi connectivity index (χ2n) is 9.93. The third kappa shape index (κ3) is 4.73. The Hall–Kier alpha value is -4.27. The van der Waals surface area contributed by atoms with E-state index < -0.39 is 17.5 Å². The van der Waals surface area contributed by atoms with Gasteiger partial charge in [0.25, 0.3) is 0 Å². The number of hydrogen-bond donors (Lipinski definition) is 2. The number of benzene rings is 3. The van der Waals surface area contributed by atoms with Crippen LogP contribution in [0.1, 0.15) is 47.0 Å². The number of aryl methyl sites for hydroxylation is 1. The first kappa shape index (κ1) is 25.0. The highest BCUT2D eigenvalue weighted by Gasteiger charge is 2.51. The molecule has 6 rings (SSSR count). The largest absolute Gasteiger partial charge is 0.481 e. The molecule has 1 aliphatic rings. The molecule has 5 aromatic rings. The van der Waals surface area contributed by atoms with Crippen LogP contribution in [0.2, 0.25) is 5.02 Å². The lowest BCUT2D eigenvalue weighted by molar-refractivity contribution is -0.140. The predicted octanol–water partition coefficient (Wildman–Crippen LogP) is 5.81. The van der Waals surface area contributed by atoms with E-state index in [1.54, 1.807) is 17.8 Å². The molecule has 0 bridgehead atoms. The van der Waals surface area contributed by atoms with E-state index in [9.17, 15) is 15.0 Å². The Kier molecular flexibility index (Phi) is 6.29. The van der Waals surface area contributed by atoms with Gasteiger partial charge in [0.1, 0.15) is 11.8 Å². The van der Waals surface area contributed by atoms with Gasteiger partial charge < -0.3 is 14.7 Å². The van der Waals surface area contributed by atoms with Crippen LogP contribution in [-0.2, 0) is 16.8 Å². The second-order valence-corrected chi connectivity index (χ2v) is 10.4. The number of aromatic nitrogens is 4. The zero-order valence-corrected chi connectivity index (χ0v) is 21.8. The first-order valence-electron chi connectivity index (χ1n) is 12.6. The second kappa shape index (κ2) is 9.80. The van der Waals surface area contributed by atoms with Gasteiger partial charge in [-0.3, -0.25) is 4.79 Å². The van der Waals surface area contributed by atoms with Crippen LogP contribution < -0.4 is 0 Å². The Labute approximate surface area is 229 Å². The predicted molar refractivity (Wildman–Crippen MR) is 145 cm³/mol. The number of aliphatic hydroxyl groups excluding tert-OH is 1.